The average Bonchev–Trinajstić information content (AvgIpc) is 3.51. The van der Waals surface area contributed by atoms with E-state index in [0.717, 1.165) is 49.0 Å². The molecule has 0 aliphatic carbocycles. The van der Waals surface area contributed by atoms with Gasteiger partial charge in [-0.25, -0.2) is 0 Å². The van der Waals surface area contributed by atoms with Gasteiger partial charge < -0.3 is 18.9 Å². The van der Waals surface area contributed by atoms with Crippen LogP contribution in [0.5, 0.6) is 0 Å². The zero-order valence-corrected chi connectivity index (χ0v) is 24.3. The lowest BCUT2D eigenvalue weighted by molar-refractivity contribution is -0.135. The summed E-state index contributed by atoms with van der Waals surface area (Å²) in [4.78, 5) is 29.6. The SMILES string of the molecule is C[C@@H]1[C@@H]([Si](C)(C)F)[C@H](CC(=O)N2CCC[C@H]2CO)O[C@@H]1CCc1cccc(N2C(=O)CCc3ccccc32)c1. The van der Waals surface area contributed by atoms with Gasteiger partial charge in [0.15, 0.2) is 0 Å². The van der Waals surface area contributed by atoms with Gasteiger partial charge in [-0.15, -0.1) is 0 Å². The molecule has 0 radical (unpaired) electrons. The normalized spacial score (nSPS) is 27.2. The fourth-order valence-electron chi connectivity index (χ4n) is 7.09. The van der Waals surface area contributed by atoms with Crippen molar-refractivity contribution in [1.29, 1.82) is 0 Å². The summed E-state index contributed by atoms with van der Waals surface area (Å²) in [5, 5.41) is 9.66. The largest absolute Gasteiger partial charge is 0.394 e. The smallest absolute Gasteiger partial charge is 0.246 e. The van der Waals surface area contributed by atoms with Crippen molar-refractivity contribution in [2.45, 2.75) is 88.8 Å². The van der Waals surface area contributed by atoms with Gasteiger partial charge in [-0.05, 0) is 80.4 Å². The Kier molecular flexibility index (Phi) is 8.26. The molecule has 0 unspecified atom stereocenters. The molecule has 210 valence electrons. The molecule has 5 rings (SSSR count). The Labute approximate surface area is 232 Å². The third kappa shape index (κ3) is 5.83. The van der Waals surface area contributed by atoms with Gasteiger partial charge in [-0.3, -0.25) is 14.5 Å². The number of carbonyl (C=O) groups excluding carboxylic acids is 2. The number of aliphatic hydroxyl groups is 1. The molecule has 39 heavy (non-hydrogen) atoms. The molecule has 3 heterocycles. The van der Waals surface area contributed by atoms with E-state index in [0.29, 0.717) is 13.0 Å². The van der Waals surface area contributed by atoms with Crippen LogP contribution >= 0.6 is 0 Å². The summed E-state index contributed by atoms with van der Waals surface area (Å²) in [6, 6.07) is 16.0. The predicted molar refractivity (Wildman–Crippen MR) is 153 cm³/mol. The molecular weight excluding hydrogens is 511 g/mol. The highest BCUT2D eigenvalue weighted by atomic mass is 28.4. The molecule has 1 N–H and O–H groups in total. The lowest BCUT2D eigenvalue weighted by Crippen LogP contribution is -2.42. The molecule has 6 nitrogen and oxygen atoms in total. The van der Waals surface area contributed by atoms with E-state index in [9.17, 15) is 14.7 Å². The van der Waals surface area contributed by atoms with Gasteiger partial charge in [-0.2, -0.15) is 0 Å². The molecule has 2 saturated heterocycles. The number of rotatable bonds is 8. The van der Waals surface area contributed by atoms with Crippen LogP contribution in [0.3, 0.4) is 0 Å². The summed E-state index contributed by atoms with van der Waals surface area (Å²) in [7, 11) is -3.09. The van der Waals surface area contributed by atoms with E-state index in [1.807, 2.05) is 35.2 Å². The molecule has 2 fully saturated rings. The summed E-state index contributed by atoms with van der Waals surface area (Å²) in [6.45, 7) is 6.13. The Morgan fingerprint density at radius 2 is 1.92 bits per heavy atom. The van der Waals surface area contributed by atoms with Gasteiger partial charge in [0.1, 0.15) is 0 Å². The molecule has 0 spiro atoms. The molecule has 3 aliphatic rings. The highest BCUT2D eigenvalue weighted by molar-refractivity contribution is 6.72. The molecule has 0 bridgehead atoms. The van der Waals surface area contributed by atoms with Crippen molar-refractivity contribution in [2.24, 2.45) is 5.92 Å². The molecule has 8 heteroatoms. The Balaban J connectivity index is 1.28. The third-order valence-corrected chi connectivity index (χ3v) is 11.4. The van der Waals surface area contributed by atoms with Crippen molar-refractivity contribution < 1.29 is 23.5 Å². The summed E-state index contributed by atoms with van der Waals surface area (Å²) in [6.07, 6.45) is 4.04. The van der Waals surface area contributed by atoms with E-state index in [1.54, 1.807) is 18.0 Å². The summed E-state index contributed by atoms with van der Waals surface area (Å²) >= 11 is 0. The van der Waals surface area contributed by atoms with Crippen LogP contribution in [0.25, 0.3) is 0 Å². The van der Waals surface area contributed by atoms with Crippen LogP contribution in [-0.2, 0) is 27.2 Å². The first kappa shape index (κ1) is 28.0. The number of para-hydroxylation sites is 1. The van der Waals surface area contributed by atoms with Crippen LogP contribution in [0.2, 0.25) is 18.6 Å². The number of hydrogen-bond donors (Lipinski definition) is 1. The second-order valence-corrected chi connectivity index (χ2v) is 15.8. The Hall–Kier alpha value is -2.55. The van der Waals surface area contributed by atoms with Crippen LogP contribution in [0.4, 0.5) is 15.5 Å². The minimum atomic E-state index is -3.09. The van der Waals surface area contributed by atoms with Crippen molar-refractivity contribution in [1.82, 2.24) is 4.90 Å². The molecule has 2 amide bonds. The monoisotopic (exact) mass is 552 g/mol. The number of fused-ring (bicyclic) bond motifs is 1. The van der Waals surface area contributed by atoms with E-state index in [4.69, 9.17) is 4.74 Å². The second-order valence-electron chi connectivity index (χ2n) is 12.0. The zero-order chi connectivity index (χ0) is 27.7. The number of benzene rings is 2. The number of halogens is 1. The number of aryl methyl sites for hydroxylation is 2. The third-order valence-electron chi connectivity index (χ3n) is 8.96. The summed E-state index contributed by atoms with van der Waals surface area (Å²) < 4.78 is 22.0. The molecule has 5 atom stereocenters. The number of hydrogen-bond acceptors (Lipinski definition) is 4. The first-order chi connectivity index (χ1) is 18.7. The van der Waals surface area contributed by atoms with Gasteiger partial charge in [0.2, 0.25) is 20.2 Å². The van der Waals surface area contributed by atoms with Gasteiger partial charge in [0, 0.05) is 24.2 Å². The Morgan fingerprint density at radius 1 is 1.13 bits per heavy atom. The quantitative estimate of drug-likeness (QED) is 0.344. The van der Waals surface area contributed by atoms with Crippen LogP contribution in [-0.4, -0.2) is 61.6 Å². The first-order valence-corrected chi connectivity index (χ1v) is 17.4. The highest BCUT2D eigenvalue weighted by Gasteiger charge is 2.52. The standard InChI is InChI=1S/C31H41FN2O4Si/c1-21-27(38-28(31(21)39(2,3)32)19-30(37)33-17-7-11-25(33)20-35)15-13-22-8-6-10-24(18-22)34-26-12-5-4-9-23(26)14-16-29(34)36/h4-6,8-10,12,18,21,25,27-28,31,35H,7,11,13-17,19-20H2,1-3H3/t21-,25-,27+,28-,31+/m0/s1. The number of anilines is 2. The van der Waals surface area contributed by atoms with E-state index < -0.39 is 14.5 Å². The molecule has 3 aliphatic heterocycles. The fraction of sp³-hybridized carbons (Fsp3) is 0.548. The minimum absolute atomic E-state index is 0.0143. The molecular formula is C31H41FN2O4Si. The van der Waals surface area contributed by atoms with Crippen molar-refractivity contribution in [3.63, 3.8) is 0 Å². The second kappa shape index (κ2) is 11.5. The summed E-state index contributed by atoms with van der Waals surface area (Å²) in [5.41, 5.74) is 3.85. The zero-order valence-electron chi connectivity index (χ0n) is 23.3. The van der Waals surface area contributed by atoms with E-state index >= 15 is 4.11 Å². The summed E-state index contributed by atoms with van der Waals surface area (Å²) in [5.74, 6) is 0.0813. The predicted octanol–water partition coefficient (Wildman–Crippen LogP) is 5.55. The van der Waals surface area contributed by atoms with Crippen molar-refractivity contribution in [3.8, 4) is 0 Å². The van der Waals surface area contributed by atoms with Crippen LogP contribution < -0.4 is 4.90 Å². The lowest BCUT2D eigenvalue weighted by Gasteiger charge is -2.30. The van der Waals surface area contributed by atoms with Gasteiger partial charge in [-0.1, -0.05) is 37.3 Å². The van der Waals surface area contributed by atoms with Crippen LogP contribution in [0.15, 0.2) is 48.5 Å². The number of carbonyl (C=O) groups is 2. The number of ether oxygens (including phenoxy) is 1. The van der Waals surface area contributed by atoms with Gasteiger partial charge >= 0.3 is 0 Å². The van der Waals surface area contributed by atoms with Crippen molar-refractivity contribution >= 4 is 31.6 Å². The number of nitrogens with zero attached hydrogens (tertiary/aromatic N) is 2. The van der Waals surface area contributed by atoms with Crippen molar-refractivity contribution in [2.75, 3.05) is 18.1 Å². The molecule has 0 aromatic heterocycles. The lowest BCUT2D eigenvalue weighted by atomic mass is 9.94. The maximum Gasteiger partial charge on any atom is 0.246 e. The van der Waals surface area contributed by atoms with Gasteiger partial charge in [0.25, 0.3) is 0 Å². The fourth-order valence-corrected chi connectivity index (χ4v) is 9.64. The number of likely N-dealkylation sites (tertiary alicyclic amines) is 1. The number of amides is 2. The Morgan fingerprint density at radius 3 is 2.69 bits per heavy atom. The molecule has 2 aromatic carbocycles. The van der Waals surface area contributed by atoms with Crippen molar-refractivity contribution in [3.05, 3.63) is 59.7 Å². The van der Waals surface area contributed by atoms with E-state index in [-0.39, 0.29) is 48.4 Å². The van der Waals surface area contributed by atoms with Crippen LogP contribution in [0.1, 0.15) is 50.2 Å². The average molecular weight is 553 g/mol. The maximum atomic E-state index is 15.6. The first-order valence-electron chi connectivity index (χ1n) is 14.4. The maximum absolute atomic E-state index is 15.6. The minimum Gasteiger partial charge on any atom is -0.394 e. The highest BCUT2D eigenvalue weighted by Crippen LogP contribution is 2.47. The van der Waals surface area contributed by atoms with Crippen LogP contribution in [0, 0.1) is 5.92 Å². The Bertz CT molecular complexity index is 1200. The molecule has 0 saturated carbocycles. The van der Waals surface area contributed by atoms with Gasteiger partial charge in [0.05, 0.1) is 37.0 Å². The van der Waals surface area contributed by atoms with E-state index in [2.05, 4.69) is 25.1 Å². The number of aliphatic hydroxyl groups excluding tert-OH is 1. The molecule has 2 aromatic rings. The van der Waals surface area contributed by atoms with E-state index in [1.165, 1.54) is 5.56 Å². The topological polar surface area (TPSA) is 70.1 Å².